The molecule has 2 aromatic rings. The molecular formula is C32H49ClN5O10PS. The van der Waals surface area contributed by atoms with E-state index in [-0.39, 0.29) is 42.0 Å². The lowest BCUT2D eigenvalue weighted by molar-refractivity contribution is -0.205. The zero-order valence-corrected chi connectivity index (χ0v) is 32.6. The summed E-state index contributed by atoms with van der Waals surface area (Å²) >= 11 is 7.51. The third-order valence-corrected chi connectivity index (χ3v) is 12.7. The van der Waals surface area contributed by atoms with E-state index in [0.717, 1.165) is 37.4 Å². The Morgan fingerprint density at radius 3 is 2.34 bits per heavy atom. The number of hydrogen-bond donors (Lipinski definition) is 0. The van der Waals surface area contributed by atoms with Crippen LogP contribution in [0.3, 0.4) is 0 Å². The number of hydrogen-bond acceptors (Lipinski definition) is 14. The summed E-state index contributed by atoms with van der Waals surface area (Å²) in [5.41, 5.74) is -0.408. The largest absolute Gasteiger partial charge is 0.443 e. The fourth-order valence-corrected chi connectivity index (χ4v) is 9.55. The summed E-state index contributed by atoms with van der Waals surface area (Å²) in [6, 6.07) is -0.136. The first-order valence-corrected chi connectivity index (χ1v) is 19.9. The predicted octanol–water partition coefficient (Wildman–Crippen LogP) is 6.86. The van der Waals surface area contributed by atoms with Gasteiger partial charge in [-0.3, -0.25) is 14.3 Å². The second kappa shape index (κ2) is 15.2. The van der Waals surface area contributed by atoms with Crippen LogP contribution in [-0.4, -0.2) is 97.6 Å². The fraction of sp³-hybridized carbons (Fsp3) is 0.781. The number of halogens is 1. The molecule has 5 atom stereocenters. The highest BCUT2D eigenvalue weighted by Crippen LogP contribution is 2.61. The molecule has 2 aromatic heterocycles. The van der Waals surface area contributed by atoms with Gasteiger partial charge in [0.1, 0.15) is 23.9 Å². The van der Waals surface area contributed by atoms with Crippen molar-refractivity contribution in [3.05, 3.63) is 11.5 Å². The Labute approximate surface area is 302 Å². The van der Waals surface area contributed by atoms with Gasteiger partial charge in [-0.15, -0.1) is 0 Å². The second-order valence-electron chi connectivity index (χ2n) is 14.2. The van der Waals surface area contributed by atoms with Crippen molar-refractivity contribution in [2.75, 3.05) is 30.5 Å². The average Bonchev–Trinajstić information content (AvgIpc) is 3.79. The minimum atomic E-state index is -3.87. The average molecular weight is 762 g/mol. The Morgan fingerprint density at radius 2 is 1.74 bits per heavy atom. The van der Waals surface area contributed by atoms with Crippen LogP contribution in [0.5, 0.6) is 0 Å². The van der Waals surface area contributed by atoms with Crippen LogP contribution in [0, 0.1) is 0 Å². The Kier molecular flexibility index (Phi) is 12.0. The highest BCUT2D eigenvalue weighted by atomic mass is 35.5. The first-order chi connectivity index (χ1) is 23.4. The zero-order valence-electron chi connectivity index (χ0n) is 30.2. The molecule has 0 spiro atoms. The van der Waals surface area contributed by atoms with Gasteiger partial charge in [-0.05, 0) is 79.8 Å². The van der Waals surface area contributed by atoms with Gasteiger partial charge in [0, 0.05) is 18.7 Å². The number of ether oxygens (including phenoxy) is 5. The topological polar surface area (TPSA) is 163 Å². The van der Waals surface area contributed by atoms with Gasteiger partial charge in [-0.25, -0.2) is 9.48 Å². The standard InChI is InChI=1S/C32H49ClN5O10PS/c1-10-43-49(41,44-11-2)32(9,18-50-19(3)39)42-17-22-23-24(47-31(7,8)46-23)27(45-22)38-26-21(16-34-38)25(35-28(33)36-26)37(20-14-12-13-15-20)29(40)48-30(4,5)6/h16,20,22-24,27H,10-15,17-18H2,1-9H3/t22-,23-,24-,27-,32?/m1/s1. The van der Waals surface area contributed by atoms with Crippen LogP contribution in [0.1, 0.15) is 94.2 Å². The van der Waals surface area contributed by atoms with Gasteiger partial charge in [0.25, 0.3) is 0 Å². The van der Waals surface area contributed by atoms with Crippen molar-refractivity contribution >= 4 is 59.0 Å². The van der Waals surface area contributed by atoms with E-state index >= 15 is 0 Å². The summed E-state index contributed by atoms with van der Waals surface area (Å²) in [4.78, 5) is 36.2. The lowest BCUT2D eigenvalue weighted by Crippen LogP contribution is -2.43. The molecule has 1 unspecified atom stereocenters. The molecule has 4 heterocycles. The lowest BCUT2D eigenvalue weighted by atomic mass is 10.1. The molecule has 0 N–H and O–H groups in total. The van der Waals surface area contributed by atoms with Gasteiger partial charge in [0.05, 0.1) is 31.4 Å². The van der Waals surface area contributed by atoms with E-state index in [4.69, 9.17) is 44.3 Å². The molecule has 280 valence electrons. The van der Waals surface area contributed by atoms with Crippen LogP contribution in [0.4, 0.5) is 10.6 Å². The van der Waals surface area contributed by atoms with Gasteiger partial charge >= 0.3 is 13.7 Å². The molecule has 2 saturated heterocycles. The summed E-state index contributed by atoms with van der Waals surface area (Å²) < 4.78 is 58.3. The van der Waals surface area contributed by atoms with E-state index in [1.807, 2.05) is 20.8 Å². The van der Waals surface area contributed by atoms with Crippen molar-refractivity contribution in [3.63, 3.8) is 0 Å². The quantitative estimate of drug-likeness (QED) is 0.154. The molecule has 50 heavy (non-hydrogen) atoms. The van der Waals surface area contributed by atoms with Crippen LogP contribution in [-0.2, 0) is 42.1 Å². The van der Waals surface area contributed by atoms with Crippen molar-refractivity contribution < 1.29 is 46.9 Å². The summed E-state index contributed by atoms with van der Waals surface area (Å²) in [6.45, 7) is 15.6. The number of nitrogens with zero attached hydrogens (tertiary/aromatic N) is 5. The highest BCUT2D eigenvalue weighted by molar-refractivity contribution is 8.13. The van der Waals surface area contributed by atoms with Crippen molar-refractivity contribution in [1.82, 2.24) is 19.7 Å². The van der Waals surface area contributed by atoms with Crippen LogP contribution < -0.4 is 4.90 Å². The Hall–Kier alpha value is -1.88. The molecule has 0 bridgehead atoms. The number of carbonyl (C=O) groups excluding carboxylic acids is 2. The molecular weight excluding hydrogens is 713 g/mol. The maximum atomic E-state index is 14.1. The highest BCUT2D eigenvalue weighted by Gasteiger charge is 2.58. The minimum absolute atomic E-state index is 0.0177. The molecule has 18 heteroatoms. The van der Waals surface area contributed by atoms with Crippen molar-refractivity contribution in [3.8, 4) is 0 Å². The van der Waals surface area contributed by atoms with E-state index in [1.54, 1.807) is 50.4 Å². The third-order valence-electron chi connectivity index (χ3n) is 8.56. The molecule has 0 aromatic carbocycles. The van der Waals surface area contributed by atoms with Gasteiger partial charge in [-0.2, -0.15) is 15.1 Å². The van der Waals surface area contributed by atoms with Gasteiger partial charge in [0.15, 0.2) is 33.9 Å². The Morgan fingerprint density at radius 1 is 1.10 bits per heavy atom. The first kappa shape index (κ1) is 39.3. The number of anilines is 1. The fourth-order valence-electron chi connectivity index (χ4n) is 6.47. The normalized spacial score (nSPS) is 25.2. The molecule has 1 saturated carbocycles. The van der Waals surface area contributed by atoms with Crippen LogP contribution in [0.25, 0.3) is 11.0 Å². The van der Waals surface area contributed by atoms with E-state index in [9.17, 15) is 14.2 Å². The number of amides is 1. The van der Waals surface area contributed by atoms with Gasteiger partial charge < -0.3 is 32.7 Å². The zero-order chi connectivity index (χ0) is 36.6. The van der Waals surface area contributed by atoms with E-state index in [0.29, 0.717) is 16.9 Å². The molecule has 0 radical (unpaired) electrons. The smallest absolute Gasteiger partial charge is 0.416 e. The molecule has 3 aliphatic rings. The van der Waals surface area contributed by atoms with Crippen molar-refractivity contribution in [1.29, 1.82) is 0 Å². The molecule has 5 rings (SSSR count). The summed E-state index contributed by atoms with van der Waals surface area (Å²) in [5, 5.41) is 3.39. The third kappa shape index (κ3) is 8.34. The number of thioether (sulfide) groups is 1. The molecule has 1 aliphatic carbocycles. The molecule has 2 aliphatic heterocycles. The predicted molar refractivity (Wildman–Crippen MR) is 187 cm³/mol. The summed E-state index contributed by atoms with van der Waals surface area (Å²) in [7, 11) is -3.87. The second-order valence-corrected chi connectivity index (χ2v) is 18.1. The van der Waals surface area contributed by atoms with Gasteiger partial charge in [0.2, 0.25) is 5.28 Å². The number of carbonyl (C=O) groups is 2. The minimum Gasteiger partial charge on any atom is -0.443 e. The maximum absolute atomic E-state index is 14.1. The van der Waals surface area contributed by atoms with Crippen molar-refractivity contribution in [2.45, 2.75) is 135 Å². The van der Waals surface area contributed by atoms with Crippen molar-refractivity contribution in [2.24, 2.45) is 0 Å². The molecule has 15 nitrogen and oxygen atoms in total. The number of rotatable bonds is 13. The van der Waals surface area contributed by atoms with E-state index in [2.05, 4.69) is 15.1 Å². The van der Waals surface area contributed by atoms with Crippen LogP contribution in [0.15, 0.2) is 6.20 Å². The molecule has 3 fully saturated rings. The van der Waals surface area contributed by atoms with Crippen LogP contribution >= 0.6 is 31.0 Å². The Balaban J connectivity index is 1.49. The first-order valence-electron chi connectivity index (χ1n) is 17.0. The number of aromatic nitrogens is 4. The SMILES string of the molecule is CCOP(=O)(OCC)C(C)(CSC(C)=O)OC[C@H]1O[C@@H](n2ncc3c(N(C(=O)OC(C)(C)C)C4CCCC4)nc(Cl)nc32)[C@@H]2OC(C)(C)O[C@@H]21. The lowest BCUT2D eigenvalue weighted by Gasteiger charge is -2.36. The summed E-state index contributed by atoms with van der Waals surface area (Å²) in [6.07, 6.45) is 1.66. The number of fused-ring (bicyclic) bond motifs is 2. The van der Waals surface area contributed by atoms with Gasteiger partial charge in [-0.1, -0.05) is 24.6 Å². The molecule has 1 amide bonds. The van der Waals surface area contributed by atoms with Crippen LogP contribution in [0.2, 0.25) is 5.28 Å². The monoisotopic (exact) mass is 761 g/mol. The maximum Gasteiger partial charge on any atom is 0.416 e. The Bertz CT molecular complexity index is 1590. The summed E-state index contributed by atoms with van der Waals surface area (Å²) in [5.74, 6) is -0.664. The van der Waals surface area contributed by atoms with E-state index < -0.39 is 55.0 Å². The van der Waals surface area contributed by atoms with E-state index in [1.165, 1.54) is 6.92 Å².